The number of aliphatic hydroxyl groups excluding tert-OH is 1. The lowest BCUT2D eigenvalue weighted by molar-refractivity contribution is 0.0821. The molecule has 3 rings (SSSR count). The van der Waals surface area contributed by atoms with Crippen molar-refractivity contribution >= 4 is 11.3 Å². The predicted molar refractivity (Wildman–Crippen MR) is 97.7 cm³/mol. The van der Waals surface area contributed by atoms with Crippen LogP contribution in [-0.2, 0) is 6.54 Å². The van der Waals surface area contributed by atoms with Gasteiger partial charge in [-0.05, 0) is 62.2 Å². The van der Waals surface area contributed by atoms with E-state index in [1.165, 1.54) is 10.9 Å². The fourth-order valence-corrected chi connectivity index (χ4v) is 4.03. The fourth-order valence-electron chi connectivity index (χ4n) is 3.05. The summed E-state index contributed by atoms with van der Waals surface area (Å²) in [5.74, 6) is -0.189. The van der Waals surface area contributed by atoms with Crippen molar-refractivity contribution < 1.29 is 9.50 Å². The van der Waals surface area contributed by atoms with Crippen molar-refractivity contribution in [2.45, 2.75) is 31.9 Å². The van der Waals surface area contributed by atoms with Gasteiger partial charge >= 0.3 is 0 Å². The summed E-state index contributed by atoms with van der Waals surface area (Å²) in [5, 5.41) is 13.0. The third kappa shape index (κ3) is 5.11. The Bertz CT molecular complexity index is 638. The molecule has 0 aliphatic carbocycles. The smallest absolute Gasteiger partial charge is 0.123 e. The Morgan fingerprint density at radius 2 is 2.04 bits per heavy atom. The Kier molecular flexibility index (Phi) is 6.37. The number of thiophene rings is 1. The number of benzene rings is 1. The minimum absolute atomic E-state index is 0.0921. The molecule has 1 aromatic carbocycles. The molecule has 1 aliphatic rings. The van der Waals surface area contributed by atoms with Gasteiger partial charge in [0.05, 0.1) is 6.10 Å². The van der Waals surface area contributed by atoms with E-state index in [0.29, 0.717) is 0 Å². The molecule has 1 aromatic heterocycles. The topological polar surface area (TPSA) is 35.5 Å². The van der Waals surface area contributed by atoms with Crippen LogP contribution in [0.2, 0.25) is 0 Å². The van der Waals surface area contributed by atoms with Crippen LogP contribution in [0.25, 0.3) is 10.4 Å². The second-order valence-corrected chi connectivity index (χ2v) is 7.55. The molecule has 0 radical (unpaired) electrons. The number of nitrogens with one attached hydrogen (secondary N) is 1. The van der Waals surface area contributed by atoms with Crippen molar-refractivity contribution in [2.24, 2.45) is 0 Å². The van der Waals surface area contributed by atoms with Gasteiger partial charge < -0.3 is 15.3 Å². The Morgan fingerprint density at radius 1 is 1.21 bits per heavy atom. The first kappa shape index (κ1) is 17.5. The highest BCUT2D eigenvalue weighted by Crippen LogP contribution is 2.28. The molecule has 2 N–H and O–H groups in total. The maximum absolute atomic E-state index is 13.3. The normalized spacial score (nSPS) is 16.6. The molecule has 0 bridgehead atoms. The van der Waals surface area contributed by atoms with Crippen molar-refractivity contribution in [3.05, 3.63) is 47.1 Å². The lowest BCUT2D eigenvalue weighted by atomic mass is 10.1. The van der Waals surface area contributed by atoms with Gasteiger partial charge in [0.15, 0.2) is 0 Å². The van der Waals surface area contributed by atoms with Crippen LogP contribution >= 0.6 is 11.3 Å². The zero-order valence-corrected chi connectivity index (χ0v) is 14.7. The molecule has 1 fully saturated rings. The number of nitrogens with zero attached hydrogens (tertiary/aromatic N) is 1. The summed E-state index contributed by atoms with van der Waals surface area (Å²) in [6.07, 6.45) is 2.85. The number of halogens is 1. The maximum atomic E-state index is 13.3. The van der Waals surface area contributed by atoms with E-state index in [-0.39, 0.29) is 11.9 Å². The van der Waals surface area contributed by atoms with Gasteiger partial charge in [-0.25, -0.2) is 4.39 Å². The number of hydrogen-bond donors (Lipinski definition) is 2. The van der Waals surface area contributed by atoms with Gasteiger partial charge in [0.25, 0.3) is 0 Å². The number of hydrogen-bond acceptors (Lipinski definition) is 4. The summed E-state index contributed by atoms with van der Waals surface area (Å²) in [6, 6.07) is 10.9. The van der Waals surface area contributed by atoms with Gasteiger partial charge in [0.2, 0.25) is 0 Å². The van der Waals surface area contributed by atoms with Gasteiger partial charge in [0.1, 0.15) is 5.82 Å². The molecule has 24 heavy (non-hydrogen) atoms. The molecule has 0 saturated carbocycles. The van der Waals surface area contributed by atoms with E-state index in [0.717, 1.165) is 62.4 Å². The summed E-state index contributed by atoms with van der Waals surface area (Å²) < 4.78 is 13.3. The van der Waals surface area contributed by atoms with E-state index >= 15 is 0 Å². The van der Waals surface area contributed by atoms with Crippen LogP contribution in [0.1, 0.15) is 24.1 Å². The van der Waals surface area contributed by atoms with Gasteiger partial charge in [-0.3, -0.25) is 0 Å². The van der Waals surface area contributed by atoms with Crippen molar-refractivity contribution in [3.8, 4) is 10.4 Å². The monoisotopic (exact) mass is 348 g/mol. The van der Waals surface area contributed by atoms with Gasteiger partial charge in [-0.1, -0.05) is 12.1 Å². The first-order valence-electron chi connectivity index (χ1n) is 8.66. The standard InChI is InChI=1S/C19H25FN2OS/c20-16-4-1-3-15(13-16)19-6-5-18(24-19)14-21-9-2-10-22-11-7-17(23)8-12-22/h1,3-6,13,17,21,23H,2,7-12,14H2. The van der Waals surface area contributed by atoms with E-state index < -0.39 is 0 Å². The predicted octanol–water partition coefficient (Wildman–Crippen LogP) is 3.49. The Hall–Kier alpha value is -1.27. The first-order valence-corrected chi connectivity index (χ1v) is 9.48. The minimum atomic E-state index is -0.189. The van der Waals surface area contributed by atoms with Gasteiger partial charge in [-0.2, -0.15) is 0 Å². The maximum Gasteiger partial charge on any atom is 0.123 e. The van der Waals surface area contributed by atoms with Crippen LogP contribution in [0, 0.1) is 5.82 Å². The molecule has 3 nitrogen and oxygen atoms in total. The van der Waals surface area contributed by atoms with Crippen LogP contribution in [0.3, 0.4) is 0 Å². The fraction of sp³-hybridized carbons (Fsp3) is 0.474. The second-order valence-electron chi connectivity index (χ2n) is 6.38. The molecule has 2 aromatic rings. The van der Waals surface area contributed by atoms with Crippen molar-refractivity contribution in [1.82, 2.24) is 10.2 Å². The van der Waals surface area contributed by atoms with E-state index in [1.54, 1.807) is 23.5 Å². The molecule has 0 atom stereocenters. The molecular formula is C19H25FN2OS. The molecule has 1 aliphatic heterocycles. The summed E-state index contributed by atoms with van der Waals surface area (Å²) in [7, 11) is 0. The molecule has 0 spiro atoms. The minimum Gasteiger partial charge on any atom is -0.393 e. The van der Waals surface area contributed by atoms with Gasteiger partial charge in [0, 0.05) is 29.4 Å². The van der Waals surface area contributed by atoms with Crippen LogP contribution in [0.5, 0.6) is 0 Å². The summed E-state index contributed by atoms with van der Waals surface area (Å²) >= 11 is 1.71. The zero-order valence-electron chi connectivity index (χ0n) is 13.9. The van der Waals surface area contributed by atoms with E-state index in [2.05, 4.69) is 22.3 Å². The highest BCUT2D eigenvalue weighted by Gasteiger charge is 2.15. The van der Waals surface area contributed by atoms with Crippen molar-refractivity contribution in [1.29, 1.82) is 0 Å². The lowest BCUT2D eigenvalue weighted by Gasteiger charge is -2.29. The highest BCUT2D eigenvalue weighted by atomic mass is 32.1. The molecule has 0 amide bonds. The molecular weight excluding hydrogens is 323 g/mol. The quantitative estimate of drug-likeness (QED) is 0.752. The molecule has 130 valence electrons. The molecule has 2 heterocycles. The summed E-state index contributed by atoms with van der Waals surface area (Å²) in [4.78, 5) is 4.82. The van der Waals surface area contributed by atoms with Gasteiger partial charge in [-0.15, -0.1) is 11.3 Å². The average molecular weight is 348 g/mol. The van der Waals surface area contributed by atoms with Crippen molar-refractivity contribution in [2.75, 3.05) is 26.2 Å². The number of piperidine rings is 1. The third-order valence-electron chi connectivity index (χ3n) is 4.46. The SMILES string of the molecule is OC1CCN(CCCNCc2ccc(-c3cccc(F)c3)s2)CC1. The third-order valence-corrected chi connectivity index (χ3v) is 5.59. The van der Waals surface area contributed by atoms with Crippen molar-refractivity contribution in [3.63, 3.8) is 0 Å². The first-order chi connectivity index (χ1) is 11.7. The van der Waals surface area contributed by atoms with Crippen LogP contribution in [0.15, 0.2) is 36.4 Å². The molecule has 1 saturated heterocycles. The van der Waals surface area contributed by atoms with E-state index in [4.69, 9.17) is 0 Å². The Balaban J connectivity index is 1.37. The zero-order chi connectivity index (χ0) is 16.8. The van der Waals surface area contributed by atoms with Crippen LogP contribution < -0.4 is 5.32 Å². The van der Waals surface area contributed by atoms with Crippen LogP contribution in [-0.4, -0.2) is 42.3 Å². The Morgan fingerprint density at radius 3 is 2.83 bits per heavy atom. The van der Waals surface area contributed by atoms with E-state index in [1.807, 2.05) is 6.07 Å². The number of likely N-dealkylation sites (tertiary alicyclic amines) is 1. The number of aliphatic hydroxyl groups is 1. The Labute approximate surface area is 147 Å². The highest BCUT2D eigenvalue weighted by molar-refractivity contribution is 7.15. The van der Waals surface area contributed by atoms with E-state index in [9.17, 15) is 9.50 Å². The molecule has 5 heteroatoms. The number of rotatable bonds is 7. The summed E-state index contributed by atoms with van der Waals surface area (Å²) in [6.45, 7) is 4.98. The lowest BCUT2D eigenvalue weighted by Crippen LogP contribution is -2.37. The average Bonchev–Trinajstić information content (AvgIpc) is 3.05. The molecule has 0 unspecified atom stereocenters. The van der Waals surface area contributed by atoms with Crippen LogP contribution in [0.4, 0.5) is 4.39 Å². The largest absolute Gasteiger partial charge is 0.393 e. The summed E-state index contributed by atoms with van der Waals surface area (Å²) in [5.41, 5.74) is 0.943. The second kappa shape index (κ2) is 8.72.